The number of carbonyl (C=O) groups excluding carboxylic acids is 1. The van der Waals surface area contributed by atoms with Crippen LogP contribution in [0.1, 0.15) is 23.3 Å². The lowest BCUT2D eigenvalue weighted by atomic mass is 10.1. The van der Waals surface area contributed by atoms with Gasteiger partial charge < -0.3 is 18.8 Å². The first-order chi connectivity index (χ1) is 16.6. The van der Waals surface area contributed by atoms with Crippen molar-refractivity contribution >= 4 is 34.3 Å². The average molecular weight is 477 g/mol. The molecule has 0 N–H and O–H groups in total. The third-order valence-corrected chi connectivity index (χ3v) is 7.16. The molecule has 2 aromatic carbocycles. The van der Waals surface area contributed by atoms with Crippen molar-refractivity contribution in [3.05, 3.63) is 76.0 Å². The number of benzene rings is 2. The number of fused-ring (bicyclic) bond motifs is 2. The van der Waals surface area contributed by atoms with Crippen molar-refractivity contribution in [3.8, 4) is 11.1 Å². The Balaban J connectivity index is 1.26. The third kappa shape index (κ3) is 3.75. The van der Waals surface area contributed by atoms with E-state index in [2.05, 4.69) is 4.90 Å². The summed E-state index contributed by atoms with van der Waals surface area (Å²) >= 11 is 6.01. The number of hydrogen-bond acceptors (Lipinski definition) is 4. The van der Waals surface area contributed by atoms with Crippen LogP contribution in [0.15, 0.2) is 63.9 Å². The van der Waals surface area contributed by atoms with Gasteiger partial charge in [-0.1, -0.05) is 23.7 Å². The van der Waals surface area contributed by atoms with Gasteiger partial charge in [0, 0.05) is 54.7 Å². The van der Waals surface area contributed by atoms with Crippen molar-refractivity contribution in [2.75, 3.05) is 31.1 Å². The molecule has 8 heteroatoms. The number of nitrogens with zero attached hydrogens (tertiary/aromatic N) is 4. The minimum atomic E-state index is -0.349. The summed E-state index contributed by atoms with van der Waals surface area (Å²) in [6.45, 7) is 4.86. The number of hydrogen-bond donors (Lipinski definition) is 0. The third-order valence-electron chi connectivity index (χ3n) is 6.90. The Hall–Kier alpha value is -3.29. The highest BCUT2D eigenvalue weighted by atomic mass is 35.5. The van der Waals surface area contributed by atoms with Crippen LogP contribution in [-0.2, 0) is 13.1 Å². The maximum atomic E-state index is 13.4. The van der Waals surface area contributed by atoms with Crippen molar-refractivity contribution < 1.29 is 9.21 Å². The maximum Gasteiger partial charge on any atom is 0.419 e. The molecular formula is C26H25ClN4O3. The zero-order valence-electron chi connectivity index (χ0n) is 18.7. The van der Waals surface area contributed by atoms with Gasteiger partial charge in [-0.2, -0.15) is 0 Å². The molecule has 34 heavy (non-hydrogen) atoms. The minimum Gasteiger partial charge on any atom is -0.408 e. The molecule has 4 aromatic rings. The van der Waals surface area contributed by atoms with Crippen molar-refractivity contribution in [1.29, 1.82) is 0 Å². The van der Waals surface area contributed by atoms with Crippen LogP contribution in [-0.4, -0.2) is 46.1 Å². The Morgan fingerprint density at radius 3 is 2.44 bits per heavy atom. The van der Waals surface area contributed by atoms with E-state index in [1.165, 1.54) is 12.8 Å². The van der Waals surface area contributed by atoms with Crippen LogP contribution >= 0.6 is 11.6 Å². The van der Waals surface area contributed by atoms with E-state index in [0.717, 1.165) is 42.0 Å². The number of halogens is 1. The maximum absolute atomic E-state index is 13.4. The van der Waals surface area contributed by atoms with E-state index < -0.39 is 0 Å². The van der Waals surface area contributed by atoms with Gasteiger partial charge in [-0.25, -0.2) is 4.79 Å². The molecule has 0 atom stereocenters. The van der Waals surface area contributed by atoms with Crippen LogP contribution in [0.4, 0.5) is 5.69 Å². The summed E-state index contributed by atoms with van der Waals surface area (Å²) in [4.78, 5) is 30.0. The van der Waals surface area contributed by atoms with Crippen molar-refractivity contribution in [2.45, 2.75) is 25.9 Å². The predicted octanol–water partition coefficient (Wildman–Crippen LogP) is 4.47. The lowest BCUT2D eigenvalue weighted by molar-refractivity contribution is 0.0965. The van der Waals surface area contributed by atoms with Gasteiger partial charge in [0.05, 0.1) is 5.52 Å². The minimum absolute atomic E-state index is 0.0679. The van der Waals surface area contributed by atoms with Crippen LogP contribution in [0.3, 0.4) is 0 Å². The van der Waals surface area contributed by atoms with Gasteiger partial charge in [-0.3, -0.25) is 9.36 Å². The summed E-state index contributed by atoms with van der Waals surface area (Å²) < 4.78 is 9.25. The number of anilines is 1. The van der Waals surface area contributed by atoms with Gasteiger partial charge in [0.2, 0.25) is 0 Å². The molecule has 6 rings (SSSR count). The van der Waals surface area contributed by atoms with E-state index in [0.29, 0.717) is 35.9 Å². The van der Waals surface area contributed by atoms with Crippen LogP contribution in [0.2, 0.25) is 5.02 Å². The smallest absolute Gasteiger partial charge is 0.408 e. The standard InChI is InChI=1S/C26H25ClN4O3/c27-20-5-3-18(4-6-20)19-15-23-25(32)30(14-12-29(23)17-19)21-7-8-22-24(16-21)34-26(33)31(22)13-11-28-9-1-2-10-28/h3-8,15-17H,1-2,9-14H2. The van der Waals surface area contributed by atoms with Crippen molar-refractivity contribution in [2.24, 2.45) is 0 Å². The van der Waals surface area contributed by atoms with E-state index in [1.54, 1.807) is 15.5 Å². The average Bonchev–Trinajstić information content (AvgIpc) is 3.57. The summed E-state index contributed by atoms with van der Waals surface area (Å²) in [6, 6.07) is 15.1. The number of oxazole rings is 1. The Morgan fingerprint density at radius 2 is 1.65 bits per heavy atom. The normalized spacial score (nSPS) is 16.5. The second kappa shape index (κ2) is 8.49. The SMILES string of the molecule is O=C1c2cc(-c3ccc(Cl)cc3)cn2CCN1c1ccc2c(c1)oc(=O)n2CCN1CCCC1. The summed E-state index contributed by atoms with van der Waals surface area (Å²) in [6.07, 6.45) is 4.45. The highest BCUT2D eigenvalue weighted by Crippen LogP contribution is 2.29. The molecule has 0 bridgehead atoms. The summed E-state index contributed by atoms with van der Waals surface area (Å²) in [5.74, 6) is -0.417. The molecule has 7 nitrogen and oxygen atoms in total. The molecule has 1 fully saturated rings. The summed E-state index contributed by atoms with van der Waals surface area (Å²) in [7, 11) is 0. The molecule has 174 valence electrons. The van der Waals surface area contributed by atoms with E-state index in [4.69, 9.17) is 16.0 Å². The van der Waals surface area contributed by atoms with E-state index in [-0.39, 0.29) is 11.7 Å². The fraction of sp³-hybridized carbons (Fsp3) is 0.308. The molecule has 0 unspecified atom stereocenters. The predicted molar refractivity (Wildman–Crippen MR) is 133 cm³/mol. The van der Waals surface area contributed by atoms with Gasteiger partial charge in [0.1, 0.15) is 5.69 Å². The van der Waals surface area contributed by atoms with Gasteiger partial charge in [-0.15, -0.1) is 0 Å². The van der Waals surface area contributed by atoms with Gasteiger partial charge in [-0.05, 0) is 61.8 Å². The molecule has 0 saturated carbocycles. The van der Waals surface area contributed by atoms with E-state index in [9.17, 15) is 9.59 Å². The Labute approximate surface area is 201 Å². The lowest BCUT2D eigenvalue weighted by Gasteiger charge is -2.28. The fourth-order valence-electron chi connectivity index (χ4n) is 5.05. The highest BCUT2D eigenvalue weighted by molar-refractivity contribution is 6.30. The molecule has 2 aromatic heterocycles. The first-order valence-corrected chi connectivity index (χ1v) is 12.1. The number of carbonyl (C=O) groups is 1. The zero-order valence-corrected chi connectivity index (χ0v) is 19.5. The zero-order chi connectivity index (χ0) is 23.2. The van der Waals surface area contributed by atoms with E-state index >= 15 is 0 Å². The number of amides is 1. The van der Waals surface area contributed by atoms with Gasteiger partial charge in [0.25, 0.3) is 5.91 Å². The second-order valence-corrected chi connectivity index (χ2v) is 9.43. The summed E-state index contributed by atoms with van der Waals surface area (Å²) in [5, 5.41) is 0.682. The molecule has 1 saturated heterocycles. The van der Waals surface area contributed by atoms with Crippen LogP contribution in [0, 0.1) is 0 Å². The molecule has 1 amide bonds. The monoisotopic (exact) mass is 476 g/mol. The molecule has 2 aliphatic rings. The molecule has 2 aliphatic heterocycles. The molecular weight excluding hydrogens is 452 g/mol. The lowest BCUT2D eigenvalue weighted by Crippen LogP contribution is -2.39. The quantitative estimate of drug-likeness (QED) is 0.426. The van der Waals surface area contributed by atoms with Gasteiger partial charge in [0.15, 0.2) is 5.58 Å². The molecule has 4 heterocycles. The first kappa shape index (κ1) is 21.3. The molecule has 0 aliphatic carbocycles. The first-order valence-electron chi connectivity index (χ1n) is 11.7. The van der Waals surface area contributed by atoms with Crippen LogP contribution in [0.5, 0.6) is 0 Å². The largest absolute Gasteiger partial charge is 0.419 e. The Morgan fingerprint density at radius 1 is 0.853 bits per heavy atom. The molecule has 0 radical (unpaired) electrons. The Kier molecular flexibility index (Phi) is 5.31. The second-order valence-electron chi connectivity index (χ2n) is 8.99. The van der Waals surface area contributed by atoms with Crippen LogP contribution < -0.4 is 10.7 Å². The fourth-order valence-corrected chi connectivity index (χ4v) is 5.18. The summed E-state index contributed by atoms with van der Waals surface area (Å²) in [5.41, 5.74) is 4.66. The number of rotatable bonds is 5. The Bertz CT molecular complexity index is 1430. The van der Waals surface area contributed by atoms with E-state index in [1.807, 2.05) is 53.2 Å². The topological polar surface area (TPSA) is 63.6 Å². The highest BCUT2D eigenvalue weighted by Gasteiger charge is 2.27. The van der Waals surface area contributed by atoms with Crippen molar-refractivity contribution in [1.82, 2.24) is 14.0 Å². The van der Waals surface area contributed by atoms with Crippen LogP contribution in [0.25, 0.3) is 22.2 Å². The number of likely N-dealkylation sites (tertiary alicyclic amines) is 1. The van der Waals surface area contributed by atoms with Crippen molar-refractivity contribution in [3.63, 3.8) is 0 Å². The number of aromatic nitrogens is 2. The van der Waals surface area contributed by atoms with Gasteiger partial charge >= 0.3 is 5.76 Å². The molecule has 0 spiro atoms.